The lowest BCUT2D eigenvalue weighted by Crippen LogP contribution is -2.02. The van der Waals surface area contributed by atoms with E-state index in [1.54, 1.807) is 30.3 Å². The van der Waals surface area contributed by atoms with Crippen LogP contribution in [0.5, 0.6) is 5.75 Å². The minimum atomic E-state index is -0.330. The second-order valence-electron chi connectivity index (χ2n) is 3.95. The molecular formula is C15H13FO3. The van der Waals surface area contributed by atoms with E-state index in [1.165, 1.54) is 12.1 Å². The standard InChI is InChI=1S/C15H13FO3/c16-13-4-1-11(2-5-13)15-9-14(19-8-7-17)6-3-12(15)10-18/h1-6,9-10,17H,7-8H2. The van der Waals surface area contributed by atoms with Gasteiger partial charge in [-0.05, 0) is 41.5 Å². The van der Waals surface area contributed by atoms with E-state index < -0.39 is 0 Å². The van der Waals surface area contributed by atoms with Crippen LogP contribution >= 0.6 is 0 Å². The summed E-state index contributed by atoms with van der Waals surface area (Å²) in [7, 11) is 0. The highest BCUT2D eigenvalue weighted by Crippen LogP contribution is 2.27. The number of ether oxygens (including phenoxy) is 1. The maximum Gasteiger partial charge on any atom is 0.150 e. The van der Waals surface area contributed by atoms with E-state index in [9.17, 15) is 9.18 Å². The zero-order valence-corrected chi connectivity index (χ0v) is 10.2. The molecule has 0 amide bonds. The summed E-state index contributed by atoms with van der Waals surface area (Å²) in [5.74, 6) is 0.225. The molecule has 0 atom stereocenters. The van der Waals surface area contributed by atoms with E-state index in [1.807, 2.05) is 0 Å². The first-order chi connectivity index (χ1) is 9.24. The van der Waals surface area contributed by atoms with Crippen LogP contribution in [0.4, 0.5) is 4.39 Å². The molecule has 0 radical (unpaired) electrons. The number of aliphatic hydroxyl groups excluding tert-OH is 1. The number of halogens is 1. The van der Waals surface area contributed by atoms with Gasteiger partial charge in [0.15, 0.2) is 6.29 Å². The molecule has 2 rings (SSSR count). The van der Waals surface area contributed by atoms with E-state index in [0.717, 1.165) is 11.8 Å². The molecule has 19 heavy (non-hydrogen) atoms. The fraction of sp³-hybridized carbons (Fsp3) is 0.133. The third-order valence-corrected chi connectivity index (χ3v) is 2.67. The van der Waals surface area contributed by atoms with Crippen molar-refractivity contribution in [2.45, 2.75) is 0 Å². The Kier molecular flexibility index (Phi) is 4.26. The predicted molar refractivity (Wildman–Crippen MR) is 69.8 cm³/mol. The van der Waals surface area contributed by atoms with E-state index in [2.05, 4.69) is 0 Å². The normalized spacial score (nSPS) is 10.2. The third kappa shape index (κ3) is 3.17. The monoisotopic (exact) mass is 260 g/mol. The molecule has 0 saturated heterocycles. The fourth-order valence-corrected chi connectivity index (χ4v) is 1.77. The number of aldehydes is 1. The average molecular weight is 260 g/mol. The molecule has 0 heterocycles. The smallest absolute Gasteiger partial charge is 0.150 e. The van der Waals surface area contributed by atoms with E-state index >= 15 is 0 Å². The number of benzene rings is 2. The molecule has 2 aromatic carbocycles. The largest absolute Gasteiger partial charge is 0.491 e. The van der Waals surface area contributed by atoms with Crippen LogP contribution in [0.25, 0.3) is 11.1 Å². The van der Waals surface area contributed by atoms with Gasteiger partial charge in [-0.3, -0.25) is 4.79 Å². The second kappa shape index (κ2) is 6.11. The lowest BCUT2D eigenvalue weighted by atomic mass is 10.00. The van der Waals surface area contributed by atoms with Crippen molar-refractivity contribution in [3.05, 3.63) is 53.8 Å². The lowest BCUT2D eigenvalue weighted by molar-refractivity contribution is 0.112. The number of hydrogen-bond acceptors (Lipinski definition) is 3. The van der Waals surface area contributed by atoms with Gasteiger partial charge in [-0.25, -0.2) is 4.39 Å². The molecule has 2 aromatic rings. The molecule has 3 nitrogen and oxygen atoms in total. The molecule has 0 fully saturated rings. The Morgan fingerprint density at radius 1 is 1.16 bits per heavy atom. The minimum Gasteiger partial charge on any atom is -0.491 e. The van der Waals surface area contributed by atoms with Crippen molar-refractivity contribution >= 4 is 6.29 Å². The van der Waals surface area contributed by atoms with Crippen LogP contribution in [-0.4, -0.2) is 24.6 Å². The van der Waals surface area contributed by atoms with Crippen molar-refractivity contribution in [2.75, 3.05) is 13.2 Å². The number of aliphatic hydroxyl groups is 1. The van der Waals surface area contributed by atoms with Crippen LogP contribution in [0.3, 0.4) is 0 Å². The van der Waals surface area contributed by atoms with E-state index in [-0.39, 0.29) is 19.0 Å². The second-order valence-corrected chi connectivity index (χ2v) is 3.95. The van der Waals surface area contributed by atoms with Gasteiger partial charge in [0.1, 0.15) is 18.2 Å². The number of carbonyl (C=O) groups excluding carboxylic acids is 1. The number of hydrogen-bond donors (Lipinski definition) is 1. The van der Waals surface area contributed by atoms with Crippen LogP contribution < -0.4 is 4.74 Å². The molecule has 0 unspecified atom stereocenters. The predicted octanol–water partition coefficient (Wildman–Crippen LogP) is 2.68. The van der Waals surface area contributed by atoms with Crippen LogP contribution in [-0.2, 0) is 0 Å². The van der Waals surface area contributed by atoms with Crippen molar-refractivity contribution < 1.29 is 19.0 Å². The molecule has 98 valence electrons. The Bertz CT molecular complexity index is 564. The Balaban J connectivity index is 2.40. The first-order valence-corrected chi connectivity index (χ1v) is 5.83. The zero-order valence-electron chi connectivity index (χ0n) is 10.2. The first-order valence-electron chi connectivity index (χ1n) is 5.83. The quantitative estimate of drug-likeness (QED) is 0.841. The third-order valence-electron chi connectivity index (χ3n) is 2.67. The van der Waals surface area contributed by atoms with Gasteiger partial charge in [-0.15, -0.1) is 0 Å². The highest BCUT2D eigenvalue weighted by Gasteiger charge is 2.07. The molecule has 0 spiro atoms. The SMILES string of the molecule is O=Cc1ccc(OCCO)cc1-c1ccc(F)cc1. The van der Waals surface area contributed by atoms with Crippen molar-refractivity contribution in [1.29, 1.82) is 0 Å². The topological polar surface area (TPSA) is 46.5 Å². The average Bonchev–Trinajstić information content (AvgIpc) is 2.45. The van der Waals surface area contributed by atoms with Gasteiger partial charge in [0.25, 0.3) is 0 Å². The summed E-state index contributed by atoms with van der Waals surface area (Å²) in [5, 5.41) is 8.72. The number of carbonyl (C=O) groups is 1. The van der Waals surface area contributed by atoms with Crippen LogP contribution in [0.15, 0.2) is 42.5 Å². The summed E-state index contributed by atoms with van der Waals surface area (Å²) >= 11 is 0. The molecule has 0 aliphatic heterocycles. The van der Waals surface area contributed by atoms with Gasteiger partial charge in [0.05, 0.1) is 6.61 Å². The van der Waals surface area contributed by atoms with Crippen molar-refractivity contribution in [1.82, 2.24) is 0 Å². The molecule has 0 saturated carbocycles. The Morgan fingerprint density at radius 3 is 2.53 bits per heavy atom. The molecule has 0 aliphatic rings. The lowest BCUT2D eigenvalue weighted by Gasteiger charge is -2.09. The van der Waals surface area contributed by atoms with Crippen LogP contribution in [0, 0.1) is 5.82 Å². The molecule has 0 aromatic heterocycles. The summed E-state index contributed by atoms with van der Waals surface area (Å²) in [6.45, 7) is 0.102. The van der Waals surface area contributed by atoms with Gasteiger partial charge >= 0.3 is 0 Å². The van der Waals surface area contributed by atoms with Gasteiger partial charge in [0, 0.05) is 5.56 Å². The summed E-state index contributed by atoms with van der Waals surface area (Å²) in [6, 6.07) is 10.9. The maximum atomic E-state index is 12.9. The van der Waals surface area contributed by atoms with Gasteiger partial charge < -0.3 is 9.84 Å². The summed E-state index contributed by atoms with van der Waals surface area (Å²) in [5.41, 5.74) is 1.91. The van der Waals surface area contributed by atoms with E-state index in [4.69, 9.17) is 9.84 Å². The van der Waals surface area contributed by atoms with Crippen LogP contribution in [0.2, 0.25) is 0 Å². The maximum absolute atomic E-state index is 12.9. The van der Waals surface area contributed by atoms with Crippen molar-refractivity contribution in [3.63, 3.8) is 0 Å². The summed E-state index contributed by atoms with van der Waals surface area (Å²) < 4.78 is 18.2. The van der Waals surface area contributed by atoms with Crippen molar-refractivity contribution in [3.8, 4) is 16.9 Å². The molecule has 0 aliphatic carbocycles. The zero-order chi connectivity index (χ0) is 13.7. The van der Waals surface area contributed by atoms with Gasteiger partial charge in [0.2, 0.25) is 0 Å². The van der Waals surface area contributed by atoms with Gasteiger partial charge in [-0.2, -0.15) is 0 Å². The van der Waals surface area contributed by atoms with Crippen LogP contribution in [0.1, 0.15) is 10.4 Å². The number of rotatable bonds is 5. The minimum absolute atomic E-state index is 0.0820. The Hall–Kier alpha value is -2.20. The Morgan fingerprint density at radius 2 is 1.89 bits per heavy atom. The van der Waals surface area contributed by atoms with Gasteiger partial charge in [-0.1, -0.05) is 12.1 Å². The molecule has 4 heteroatoms. The highest BCUT2D eigenvalue weighted by atomic mass is 19.1. The fourth-order valence-electron chi connectivity index (χ4n) is 1.77. The van der Waals surface area contributed by atoms with E-state index in [0.29, 0.717) is 16.9 Å². The molecule has 0 bridgehead atoms. The highest BCUT2D eigenvalue weighted by molar-refractivity contribution is 5.88. The summed E-state index contributed by atoms with van der Waals surface area (Å²) in [6.07, 6.45) is 0.745. The first kappa shape index (κ1) is 13.2. The molecular weight excluding hydrogens is 247 g/mol. The molecule has 1 N–H and O–H groups in total. The Labute approximate surface area is 110 Å². The van der Waals surface area contributed by atoms with Crippen molar-refractivity contribution in [2.24, 2.45) is 0 Å². The summed E-state index contributed by atoms with van der Waals surface area (Å²) in [4.78, 5) is 11.0.